The van der Waals surface area contributed by atoms with E-state index in [1.807, 2.05) is 17.9 Å². The zero-order chi connectivity index (χ0) is 18.8. The summed E-state index contributed by atoms with van der Waals surface area (Å²) >= 11 is 0. The van der Waals surface area contributed by atoms with Crippen LogP contribution in [0.25, 0.3) is 0 Å². The Labute approximate surface area is 159 Å². The molecule has 1 aromatic carbocycles. The van der Waals surface area contributed by atoms with Crippen LogP contribution in [-0.4, -0.2) is 39.9 Å². The van der Waals surface area contributed by atoms with Crippen molar-refractivity contribution in [1.82, 2.24) is 14.9 Å². The monoisotopic (exact) mass is 368 g/mol. The molecule has 2 fully saturated rings. The van der Waals surface area contributed by atoms with Gasteiger partial charge in [-0.1, -0.05) is 18.2 Å². The van der Waals surface area contributed by atoms with Gasteiger partial charge in [-0.3, -0.25) is 4.79 Å². The van der Waals surface area contributed by atoms with Gasteiger partial charge in [0, 0.05) is 37.1 Å². The second-order valence-corrected chi connectivity index (χ2v) is 7.51. The molecule has 2 atom stereocenters. The third-order valence-corrected chi connectivity index (χ3v) is 5.57. The number of hydrogen-bond acceptors (Lipinski definition) is 4. The van der Waals surface area contributed by atoms with Gasteiger partial charge >= 0.3 is 0 Å². The number of piperidine rings is 1. The standard InChI is InChI=1S/C21H25FN4O/c1-15(18-7-2-3-8-19(18)22)26(17-9-10-17)20(27)16-6-4-13-25(14-16)21-23-11-5-12-24-21/h2-3,5,7-8,11-12,15-17H,4,6,9-10,13-14H2,1H3. The zero-order valence-corrected chi connectivity index (χ0v) is 15.6. The topological polar surface area (TPSA) is 49.3 Å². The Hall–Kier alpha value is -2.50. The van der Waals surface area contributed by atoms with Crippen LogP contribution in [0.15, 0.2) is 42.7 Å². The summed E-state index contributed by atoms with van der Waals surface area (Å²) in [5.74, 6) is 0.466. The number of amides is 1. The number of benzene rings is 1. The van der Waals surface area contributed by atoms with E-state index in [2.05, 4.69) is 14.9 Å². The zero-order valence-electron chi connectivity index (χ0n) is 15.6. The maximum atomic E-state index is 14.3. The van der Waals surface area contributed by atoms with Crippen LogP contribution in [0.1, 0.15) is 44.2 Å². The molecule has 27 heavy (non-hydrogen) atoms. The van der Waals surface area contributed by atoms with Crippen LogP contribution in [0.3, 0.4) is 0 Å². The minimum absolute atomic E-state index is 0.0996. The fraction of sp³-hybridized carbons (Fsp3) is 0.476. The quantitative estimate of drug-likeness (QED) is 0.809. The molecule has 2 aromatic rings. The van der Waals surface area contributed by atoms with E-state index in [1.165, 1.54) is 6.07 Å². The molecule has 1 amide bonds. The SMILES string of the molecule is CC(c1ccccc1F)N(C(=O)C1CCCN(c2ncccn2)C1)C1CC1. The minimum atomic E-state index is -0.255. The van der Waals surface area contributed by atoms with Crippen LogP contribution in [0.5, 0.6) is 0 Å². The van der Waals surface area contributed by atoms with Crippen LogP contribution in [0.4, 0.5) is 10.3 Å². The van der Waals surface area contributed by atoms with Crippen molar-refractivity contribution in [3.63, 3.8) is 0 Å². The van der Waals surface area contributed by atoms with E-state index < -0.39 is 0 Å². The van der Waals surface area contributed by atoms with Gasteiger partial charge in [-0.2, -0.15) is 0 Å². The van der Waals surface area contributed by atoms with Crippen molar-refractivity contribution in [2.45, 2.75) is 44.7 Å². The second-order valence-electron chi connectivity index (χ2n) is 7.51. The predicted molar refractivity (Wildman–Crippen MR) is 102 cm³/mol. The van der Waals surface area contributed by atoms with E-state index in [4.69, 9.17) is 0 Å². The summed E-state index contributed by atoms with van der Waals surface area (Å²) < 4.78 is 14.3. The normalized spacial score (nSPS) is 21.0. The highest BCUT2D eigenvalue weighted by atomic mass is 19.1. The lowest BCUT2D eigenvalue weighted by atomic mass is 9.95. The van der Waals surface area contributed by atoms with Gasteiger partial charge in [0.15, 0.2) is 0 Å². The Morgan fingerprint density at radius 1 is 1.19 bits per heavy atom. The van der Waals surface area contributed by atoms with Gasteiger partial charge in [0.05, 0.1) is 12.0 Å². The third-order valence-electron chi connectivity index (χ3n) is 5.57. The molecule has 1 saturated carbocycles. The second kappa shape index (κ2) is 7.62. The first kappa shape index (κ1) is 17.9. The minimum Gasteiger partial charge on any atom is -0.340 e. The van der Waals surface area contributed by atoms with Crippen molar-refractivity contribution < 1.29 is 9.18 Å². The third kappa shape index (κ3) is 3.80. The van der Waals surface area contributed by atoms with E-state index in [9.17, 15) is 9.18 Å². The fourth-order valence-electron chi connectivity index (χ4n) is 4.03. The number of carbonyl (C=O) groups is 1. The molecule has 2 unspecified atom stereocenters. The molecule has 0 bridgehead atoms. The van der Waals surface area contributed by atoms with Crippen LogP contribution in [-0.2, 0) is 4.79 Å². The summed E-state index contributed by atoms with van der Waals surface area (Å²) in [5.41, 5.74) is 0.594. The van der Waals surface area contributed by atoms with Crippen LogP contribution in [0, 0.1) is 11.7 Å². The van der Waals surface area contributed by atoms with E-state index >= 15 is 0 Å². The predicted octanol–water partition coefficient (Wildman–Crippen LogP) is 3.58. The van der Waals surface area contributed by atoms with Gasteiger partial charge in [0.2, 0.25) is 11.9 Å². The van der Waals surface area contributed by atoms with E-state index in [0.717, 1.165) is 32.2 Å². The number of carbonyl (C=O) groups excluding carboxylic acids is 1. The van der Waals surface area contributed by atoms with Crippen molar-refractivity contribution in [3.05, 3.63) is 54.1 Å². The van der Waals surface area contributed by atoms with Crippen molar-refractivity contribution in [2.24, 2.45) is 5.92 Å². The summed E-state index contributed by atoms with van der Waals surface area (Å²) in [6.07, 6.45) is 7.25. The van der Waals surface area contributed by atoms with Crippen LogP contribution >= 0.6 is 0 Å². The molecule has 0 N–H and O–H groups in total. The Balaban J connectivity index is 1.53. The molecule has 1 aliphatic carbocycles. The Morgan fingerprint density at radius 3 is 2.63 bits per heavy atom. The average Bonchev–Trinajstić information content (AvgIpc) is 3.54. The maximum Gasteiger partial charge on any atom is 0.228 e. The lowest BCUT2D eigenvalue weighted by Crippen LogP contribution is -2.47. The Kier molecular flexibility index (Phi) is 5.05. The molecule has 2 aliphatic rings. The number of aromatic nitrogens is 2. The molecule has 142 valence electrons. The number of nitrogens with zero attached hydrogens (tertiary/aromatic N) is 4. The summed E-state index contributed by atoms with van der Waals surface area (Å²) in [4.78, 5) is 26.1. The fourth-order valence-corrected chi connectivity index (χ4v) is 4.03. The van der Waals surface area contributed by atoms with E-state index in [-0.39, 0.29) is 29.7 Å². The van der Waals surface area contributed by atoms with Gasteiger partial charge in [-0.15, -0.1) is 0 Å². The molecule has 5 nitrogen and oxygen atoms in total. The molecule has 1 saturated heterocycles. The molecule has 0 radical (unpaired) electrons. The van der Waals surface area contributed by atoms with E-state index in [0.29, 0.717) is 18.1 Å². The summed E-state index contributed by atoms with van der Waals surface area (Å²) in [5, 5.41) is 0. The van der Waals surface area contributed by atoms with Gasteiger partial charge in [0.1, 0.15) is 5.82 Å². The number of halogens is 1. The van der Waals surface area contributed by atoms with Crippen LogP contribution < -0.4 is 4.90 Å². The van der Waals surface area contributed by atoms with Gasteiger partial charge in [0.25, 0.3) is 0 Å². The Morgan fingerprint density at radius 2 is 1.93 bits per heavy atom. The highest BCUT2D eigenvalue weighted by Gasteiger charge is 2.40. The van der Waals surface area contributed by atoms with Gasteiger partial charge < -0.3 is 9.80 Å². The first-order valence-electron chi connectivity index (χ1n) is 9.73. The molecule has 1 aliphatic heterocycles. The molecule has 4 rings (SSSR count). The lowest BCUT2D eigenvalue weighted by Gasteiger charge is -2.37. The first-order valence-corrected chi connectivity index (χ1v) is 9.73. The van der Waals surface area contributed by atoms with Crippen molar-refractivity contribution >= 4 is 11.9 Å². The number of anilines is 1. The molecule has 6 heteroatoms. The average molecular weight is 368 g/mol. The summed E-state index contributed by atoms with van der Waals surface area (Å²) in [7, 11) is 0. The van der Waals surface area contributed by atoms with Crippen LogP contribution in [0.2, 0.25) is 0 Å². The van der Waals surface area contributed by atoms with Gasteiger partial charge in [-0.05, 0) is 44.7 Å². The maximum absolute atomic E-state index is 14.3. The number of hydrogen-bond donors (Lipinski definition) is 0. The number of rotatable bonds is 5. The summed E-state index contributed by atoms with van der Waals surface area (Å²) in [6, 6.07) is 8.54. The molecular weight excluding hydrogens is 343 g/mol. The molecular formula is C21H25FN4O. The molecule has 0 spiro atoms. The largest absolute Gasteiger partial charge is 0.340 e. The first-order chi connectivity index (χ1) is 13.1. The Bertz CT molecular complexity index is 796. The van der Waals surface area contributed by atoms with Crippen molar-refractivity contribution in [1.29, 1.82) is 0 Å². The van der Waals surface area contributed by atoms with Gasteiger partial charge in [-0.25, -0.2) is 14.4 Å². The summed E-state index contributed by atoms with van der Waals surface area (Å²) in [6.45, 7) is 3.42. The highest BCUT2D eigenvalue weighted by Crippen LogP contribution is 2.37. The smallest absolute Gasteiger partial charge is 0.228 e. The molecule has 2 heterocycles. The van der Waals surface area contributed by atoms with Crippen molar-refractivity contribution in [2.75, 3.05) is 18.0 Å². The lowest BCUT2D eigenvalue weighted by molar-refractivity contribution is -0.138. The molecule has 1 aromatic heterocycles. The van der Waals surface area contributed by atoms with E-state index in [1.54, 1.807) is 30.6 Å². The highest BCUT2D eigenvalue weighted by molar-refractivity contribution is 5.81. The van der Waals surface area contributed by atoms with Crippen molar-refractivity contribution in [3.8, 4) is 0 Å².